The first-order chi connectivity index (χ1) is 26.2. The van der Waals surface area contributed by atoms with E-state index in [0.29, 0.717) is 52.9 Å². The quantitative estimate of drug-likeness (QED) is 0.272. The summed E-state index contributed by atoms with van der Waals surface area (Å²) in [5.74, 6) is 0.234. The van der Waals surface area contributed by atoms with Gasteiger partial charge in [0.1, 0.15) is 29.2 Å². The van der Waals surface area contributed by atoms with Crippen LogP contribution in [-0.4, -0.2) is 83.7 Å². The largest absolute Gasteiger partial charge is 0.497 e. The Hall–Kier alpha value is -4.72. The number of ether oxygens (including phenoxy) is 3. The van der Waals surface area contributed by atoms with Gasteiger partial charge in [0, 0.05) is 24.1 Å². The van der Waals surface area contributed by atoms with Gasteiger partial charge < -0.3 is 24.4 Å². The van der Waals surface area contributed by atoms with E-state index < -0.39 is 44.8 Å². The predicted octanol–water partition coefficient (Wildman–Crippen LogP) is 5.33. The number of benzene rings is 1. The summed E-state index contributed by atoms with van der Waals surface area (Å²) in [6, 6.07) is 10.2. The predicted molar refractivity (Wildman–Crippen MR) is 207 cm³/mol. The Kier molecular flexibility index (Phi) is 10.8. The number of rotatable bonds is 9. The fourth-order valence-corrected chi connectivity index (χ4v) is 9.27. The second kappa shape index (κ2) is 15.4. The number of methoxy groups -OCH3 is 1. The zero-order chi connectivity index (χ0) is 39.1. The molecule has 2 saturated carbocycles. The standard InChI is InChI=1S/C41H51N5O8S/c1-24(2)53-30-11-15-34(42-22-30)35-19-27-18-29(52-5)10-14-33(27)39(43-35)54-31-20-36-38(48)44-41(40(49)45-55(50,51)32-12-13-32)21-28(41)9-7-6-8-25(3)16-26(4)17-37(47)46(36)23-31/h7,9-11,14-15,18-19,22,24-26,28,31-32,36H,6,8,12-13,16-17,20-21,23H2,1-5H3,(H,44,48)(H,45,49)/b9-7-/t25-,26+,28+,31+,36-,41+/m0/s1. The molecule has 0 radical (unpaired) electrons. The van der Waals surface area contributed by atoms with Crippen LogP contribution in [0, 0.1) is 17.8 Å². The van der Waals surface area contributed by atoms with E-state index in [4.69, 9.17) is 19.2 Å². The molecule has 3 amide bonds. The van der Waals surface area contributed by atoms with E-state index >= 15 is 0 Å². The number of amides is 3. The highest BCUT2D eigenvalue weighted by Crippen LogP contribution is 2.46. The van der Waals surface area contributed by atoms with Gasteiger partial charge in [-0.15, -0.1) is 0 Å². The van der Waals surface area contributed by atoms with Crippen molar-refractivity contribution >= 4 is 38.5 Å². The second-order valence-corrected chi connectivity index (χ2v) is 18.0. The molecule has 2 aliphatic heterocycles. The summed E-state index contributed by atoms with van der Waals surface area (Å²) in [5, 5.41) is 3.86. The molecule has 6 atom stereocenters. The molecule has 0 bridgehead atoms. The summed E-state index contributed by atoms with van der Waals surface area (Å²) in [5.41, 5.74) is -0.280. The summed E-state index contributed by atoms with van der Waals surface area (Å²) < 4.78 is 45.9. The third-order valence-corrected chi connectivity index (χ3v) is 12.8. The molecule has 2 aromatic heterocycles. The van der Waals surface area contributed by atoms with Crippen LogP contribution in [0.25, 0.3) is 22.2 Å². The Bertz CT molecular complexity index is 2090. The van der Waals surface area contributed by atoms with Gasteiger partial charge in [0.05, 0.1) is 42.6 Å². The molecule has 3 fully saturated rings. The van der Waals surface area contributed by atoms with Crippen LogP contribution in [0.5, 0.6) is 17.4 Å². The van der Waals surface area contributed by atoms with Crippen molar-refractivity contribution in [1.82, 2.24) is 24.9 Å². The lowest BCUT2D eigenvalue weighted by Gasteiger charge is -2.27. The summed E-state index contributed by atoms with van der Waals surface area (Å²) in [6.45, 7) is 8.24. The molecule has 1 aromatic carbocycles. The van der Waals surface area contributed by atoms with Crippen molar-refractivity contribution in [3.05, 3.63) is 54.7 Å². The number of fused-ring (bicyclic) bond motifs is 3. The Labute approximate surface area is 322 Å². The molecule has 3 aromatic rings. The van der Waals surface area contributed by atoms with E-state index in [1.54, 1.807) is 18.2 Å². The Balaban J connectivity index is 1.19. The Morgan fingerprint density at radius 2 is 1.80 bits per heavy atom. The highest BCUT2D eigenvalue weighted by atomic mass is 32.2. The first-order valence-corrected chi connectivity index (χ1v) is 20.9. The van der Waals surface area contributed by atoms with E-state index in [9.17, 15) is 22.8 Å². The minimum atomic E-state index is -3.85. The molecular formula is C41H51N5O8S. The highest BCUT2D eigenvalue weighted by molar-refractivity contribution is 7.91. The van der Waals surface area contributed by atoms with Crippen LogP contribution in [-0.2, 0) is 24.4 Å². The summed E-state index contributed by atoms with van der Waals surface area (Å²) in [6.07, 6.45) is 9.15. The van der Waals surface area contributed by atoms with Crippen molar-refractivity contribution in [2.45, 2.75) is 108 Å². The fraction of sp³-hybridized carbons (Fsp3) is 0.537. The monoisotopic (exact) mass is 773 g/mol. The minimum absolute atomic E-state index is 0.00557. The Morgan fingerprint density at radius 1 is 1.02 bits per heavy atom. The first kappa shape index (κ1) is 38.6. The molecule has 55 heavy (non-hydrogen) atoms. The zero-order valence-corrected chi connectivity index (χ0v) is 32.9. The van der Waals surface area contributed by atoms with Gasteiger partial charge in [0.25, 0.3) is 5.91 Å². The van der Waals surface area contributed by atoms with Gasteiger partial charge >= 0.3 is 0 Å². The Morgan fingerprint density at radius 3 is 2.51 bits per heavy atom. The summed E-state index contributed by atoms with van der Waals surface area (Å²) in [7, 11) is -2.26. The lowest BCUT2D eigenvalue weighted by atomic mass is 9.91. The average Bonchev–Trinajstić information content (AvgIpc) is 4.06. The highest BCUT2D eigenvalue weighted by Gasteiger charge is 2.62. The van der Waals surface area contributed by atoms with Crippen molar-refractivity contribution in [1.29, 1.82) is 0 Å². The maximum atomic E-state index is 14.3. The van der Waals surface area contributed by atoms with Crippen molar-refractivity contribution < 1.29 is 37.0 Å². The van der Waals surface area contributed by atoms with Crippen LogP contribution in [0.3, 0.4) is 0 Å². The molecule has 4 heterocycles. The number of carbonyl (C=O) groups is 3. The number of sulfonamides is 1. The number of nitrogens with one attached hydrogen (secondary N) is 2. The van der Waals surface area contributed by atoms with Gasteiger partial charge in [-0.25, -0.2) is 13.4 Å². The SMILES string of the molecule is COc1ccc2c(O[C@@H]3C[C@H]4C(=O)N[C@]5(C(=O)NS(=O)(=O)C6CC6)C[C@H]5/C=C\CC[C@H](C)C[C@@H](C)CC(=O)N4C3)nc(-c3ccc(OC(C)C)cn3)cc2c1. The number of hydrogen-bond acceptors (Lipinski definition) is 10. The topological polar surface area (TPSA) is 166 Å². The maximum Gasteiger partial charge on any atom is 0.259 e. The van der Waals surface area contributed by atoms with Crippen LogP contribution in [0.2, 0.25) is 0 Å². The molecule has 0 spiro atoms. The van der Waals surface area contributed by atoms with Crippen LogP contribution >= 0.6 is 0 Å². The van der Waals surface area contributed by atoms with Gasteiger partial charge in [-0.3, -0.25) is 24.1 Å². The summed E-state index contributed by atoms with van der Waals surface area (Å²) >= 11 is 0. The van der Waals surface area contributed by atoms with E-state index in [-0.39, 0.29) is 49.7 Å². The minimum Gasteiger partial charge on any atom is -0.497 e. The van der Waals surface area contributed by atoms with Crippen molar-refractivity contribution in [2.75, 3.05) is 13.7 Å². The average molecular weight is 774 g/mol. The van der Waals surface area contributed by atoms with Crippen LogP contribution in [0.4, 0.5) is 0 Å². The van der Waals surface area contributed by atoms with E-state index in [1.807, 2.05) is 62.4 Å². The molecule has 1 saturated heterocycles. The molecule has 2 aliphatic carbocycles. The first-order valence-electron chi connectivity index (χ1n) is 19.4. The number of allylic oxidation sites excluding steroid dienone is 1. The molecule has 7 rings (SSSR count). The number of hydrogen-bond donors (Lipinski definition) is 2. The lowest BCUT2D eigenvalue weighted by molar-refractivity contribution is -0.140. The molecule has 13 nitrogen and oxygen atoms in total. The smallest absolute Gasteiger partial charge is 0.259 e. The zero-order valence-electron chi connectivity index (χ0n) is 32.1. The van der Waals surface area contributed by atoms with Crippen LogP contribution in [0.1, 0.15) is 79.1 Å². The third-order valence-electron chi connectivity index (χ3n) is 11.0. The van der Waals surface area contributed by atoms with Crippen molar-refractivity contribution in [2.24, 2.45) is 17.8 Å². The van der Waals surface area contributed by atoms with E-state index in [2.05, 4.69) is 28.9 Å². The van der Waals surface area contributed by atoms with Gasteiger partial charge in [-0.2, -0.15) is 0 Å². The number of carbonyl (C=O) groups excluding carboxylic acids is 3. The third kappa shape index (κ3) is 8.58. The second-order valence-electron chi connectivity index (χ2n) is 16.1. The van der Waals surface area contributed by atoms with E-state index in [0.717, 1.165) is 24.6 Å². The molecule has 294 valence electrons. The van der Waals surface area contributed by atoms with Crippen molar-refractivity contribution in [3.63, 3.8) is 0 Å². The van der Waals surface area contributed by atoms with Gasteiger partial charge in [-0.1, -0.05) is 26.0 Å². The number of pyridine rings is 2. The van der Waals surface area contributed by atoms with E-state index in [1.165, 1.54) is 0 Å². The fourth-order valence-electron chi connectivity index (χ4n) is 7.90. The molecule has 4 aliphatic rings. The number of aromatic nitrogens is 2. The number of nitrogens with zero attached hydrogens (tertiary/aromatic N) is 3. The molecule has 2 N–H and O–H groups in total. The summed E-state index contributed by atoms with van der Waals surface area (Å²) in [4.78, 5) is 53.2. The molecule has 14 heteroatoms. The normalized spacial score (nSPS) is 28.0. The van der Waals surface area contributed by atoms with Crippen LogP contribution in [0.15, 0.2) is 54.7 Å². The van der Waals surface area contributed by atoms with Gasteiger partial charge in [0.15, 0.2) is 0 Å². The van der Waals surface area contributed by atoms with Gasteiger partial charge in [0.2, 0.25) is 27.7 Å². The van der Waals surface area contributed by atoms with Gasteiger partial charge in [-0.05, 0) is 106 Å². The lowest BCUT2D eigenvalue weighted by Crippen LogP contribution is -2.56. The van der Waals surface area contributed by atoms with Crippen LogP contribution < -0.4 is 24.2 Å². The molecule has 0 unspecified atom stereocenters. The molecular weight excluding hydrogens is 723 g/mol. The maximum absolute atomic E-state index is 14.3. The van der Waals surface area contributed by atoms with Crippen molar-refractivity contribution in [3.8, 4) is 28.8 Å².